The van der Waals surface area contributed by atoms with E-state index < -0.39 is 16.6 Å². The fraction of sp³-hybridized carbons (Fsp3) is 0.368. The van der Waals surface area contributed by atoms with E-state index in [4.69, 9.17) is 0 Å². The summed E-state index contributed by atoms with van der Waals surface area (Å²) in [6.45, 7) is 0.108. The van der Waals surface area contributed by atoms with Crippen LogP contribution in [0.5, 0.6) is 0 Å². The van der Waals surface area contributed by atoms with E-state index in [-0.39, 0.29) is 14.9 Å². The summed E-state index contributed by atoms with van der Waals surface area (Å²) in [5.74, 6) is 0. The molecule has 1 aliphatic rings. The van der Waals surface area contributed by atoms with Crippen molar-refractivity contribution in [1.82, 2.24) is 0 Å². The Labute approximate surface area is 153 Å². The number of rotatable bonds is 5. The number of hydrogen-bond acceptors (Lipinski definition) is 3. The van der Waals surface area contributed by atoms with Crippen molar-refractivity contribution >= 4 is 21.4 Å². The first-order chi connectivity index (χ1) is 12.4. The average Bonchev–Trinajstić information content (AvgIpc) is 2.63. The molecule has 0 spiro atoms. The second-order valence-corrected chi connectivity index (χ2v) is 8.24. The van der Waals surface area contributed by atoms with Gasteiger partial charge in [0.05, 0.1) is 16.3 Å². The summed E-state index contributed by atoms with van der Waals surface area (Å²) in [5.41, 5.74) is 1.41. The monoisotopic (exact) mass is 380 g/mol. The number of sulfonamides is 1. The Hall–Kier alpha value is -2.15. The molecule has 3 rings (SSSR count). The number of para-hydroxylation sites is 2. The molecule has 1 fully saturated rings. The van der Waals surface area contributed by atoms with Crippen molar-refractivity contribution in [2.75, 3.05) is 22.3 Å². The third-order valence-electron chi connectivity index (χ3n) is 4.57. The van der Waals surface area contributed by atoms with Crippen LogP contribution in [0, 0.1) is 6.92 Å². The molecule has 4 nitrogen and oxygen atoms in total. The second-order valence-electron chi connectivity index (χ2n) is 6.43. The first-order valence-corrected chi connectivity index (χ1v) is 10.1. The Balaban J connectivity index is 2.07. The van der Waals surface area contributed by atoms with Crippen LogP contribution in [0.2, 0.25) is 0 Å². The fourth-order valence-electron chi connectivity index (χ4n) is 3.22. The summed E-state index contributed by atoms with van der Waals surface area (Å²) < 4.78 is 54.0. The summed E-state index contributed by atoms with van der Waals surface area (Å²) in [4.78, 5) is 1.84. The quantitative estimate of drug-likeness (QED) is 0.722. The number of hydrogen-bond donors (Lipinski definition) is 0. The van der Waals surface area contributed by atoms with E-state index in [1.165, 1.54) is 18.2 Å². The van der Waals surface area contributed by atoms with Crippen LogP contribution >= 0.6 is 0 Å². The van der Waals surface area contributed by atoms with E-state index in [1.54, 1.807) is 30.3 Å². The van der Waals surface area contributed by atoms with Gasteiger partial charge in [0.25, 0.3) is 10.0 Å². The number of anilines is 2. The van der Waals surface area contributed by atoms with E-state index >= 15 is 0 Å². The van der Waals surface area contributed by atoms with Gasteiger partial charge in [-0.25, -0.2) is 12.7 Å². The number of alkyl halides is 2. The molecule has 0 bridgehead atoms. The summed E-state index contributed by atoms with van der Waals surface area (Å²) in [7, 11) is -4.37. The van der Waals surface area contributed by atoms with Crippen LogP contribution in [-0.2, 0) is 10.0 Å². The van der Waals surface area contributed by atoms with Crippen molar-refractivity contribution in [2.45, 2.75) is 37.6 Å². The second kappa shape index (κ2) is 7.61. The largest absolute Gasteiger partial charge is 0.370 e. The Bertz CT molecular complexity index is 848. The lowest BCUT2D eigenvalue weighted by Gasteiger charge is -2.33. The molecule has 0 aromatic heterocycles. The summed E-state index contributed by atoms with van der Waals surface area (Å²) >= 11 is 0. The van der Waals surface area contributed by atoms with Crippen LogP contribution in [0.3, 0.4) is 0 Å². The van der Waals surface area contributed by atoms with E-state index in [0.29, 0.717) is 5.69 Å². The highest BCUT2D eigenvalue weighted by molar-refractivity contribution is 7.92. The number of benzene rings is 2. The highest BCUT2D eigenvalue weighted by Gasteiger charge is 2.34. The molecule has 26 heavy (non-hydrogen) atoms. The maximum absolute atomic E-state index is 13.9. The molecule has 0 atom stereocenters. The Morgan fingerprint density at radius 2 is 1.58 bits per heavy atom. The lowest BCUT2D eigenvalue weighted by atomic mass is 10.1. The highest BCUT2D eigenvalue weighted by atomic mass is 32.2. The van der Waals surface area contributed by atoms with Gasteiger partial charge in [-0.3, -0.25) is 0 Å². The molecule has 2 aromatic rings. The smallest absolute Gasteiger partial charge is 0.328 e. The Morgan fingerprint density at radius 3 is 2.19 bits per heavy atom. The van der Waals surface area contributed by atoms with Crippen molar-refractivity contribution in [3.05, 3.63) is 54.1 Å². The Morgan fingerprint density at radius 1 is 0.962 bits per heavy atom. The lowest BCUT2D eigenvalue weighted by molar-refractivity contribution is 0.162. The molecule has 0 N–H and O–H groups in total. The standard InChI is InChI=1S/C19H22F2N2O2S/c1-15-9-11-16(12-10-15)26(24,25)23(19(20)21)18-8-4-3-7-17(18)22-13-5-2-6-14-22/h3-4,7-12,19H,2,5-6,13-14H2,1H3. The van der Waals surface area contributed by atoms with Gasteiger partial charge in [-0.1, -0.05) is 29.8 Å². The van der Waals surface area contributed by atoms with Crippen LogP contribution in [0.4, 0.5) is 20.2 Å². The molecule has 1 saturated heterocycles. The molecule has 0 aliphatic carbocycles. The van der Waals surface area contributed by atoms with Crippen LogP contribution in [0.1, 0.15) is 24.8 Å². The van der Waals surface area contributed by atoms with Crippen molar-refractivity contribution in [1.29, 1.82) is 0 Å². The summed E-state index contributed by atoms with van der Waals surface area (Å²) in [6, 6.07) is 12.4. The normalized spacial score (nSPS) is 15.3. The third-order valence-corrected chi connectivity index (χ3v) is 6.31. The molecule has 140 valence electrons. The number of halogens is 2. The predicted octanol–water partition coefficient (Wildman–Crippen LogP) is 4.40. The minimum atomic E-state index is -4.37. The molecule has 0 saturated carbocycles. The first-order valence-electron chi connectivity index (χ1n) is 8.64. The van der Waals surface area contributed by atoms with Gasteiger partial charge >= 0.3 is 6.55 Å². The van der Waals surface area contributed by atoms with E-state index in [1.807, 2.05) is 11.8 Å². The minimum absolute atomic E-state index is 0.0185. The molecular formula is C19H22F2N2O2S. The molecular weight excluding hydrogens is 358 g/mol. The van der Waals surface area contributed by atoms with Crippen LogP contribution in [0.25, 0.3) is 0 Å². The van der Waals surface area contributed by atoms with Crippen LogP contribution < -0.4 is 9.21 Å². The van der Waals surface area contributed by atoms with Gasteiger partial charge in [0.1, 0.15) is 0 Å². The van der Waals surface area contributed by atoms with Gasteiger partial charge in [0.15, 0.2) is 0 Å². The fourth-order valence-corrected chi connectivity index (χ4v) is 4.55. The molecule has 0 amide bonds. The molecule has 1 heterocycles. The highest BCUT2D eigenvalue weighted by Crippen LogP contribution is 2.36. The maximum atomic E-state index is 13.9. The Kier molecular flexibility index (Phi) is 5.46. The summed E-state index contributed by atoms with van der Waals surface area (Å²) in [6.07, 6.45) is 3.03. The SMILES string of the molecule is Cc1ccc(S(=O)(=O)N(c2ccccc2N2CCCCC2)C(F)F)cc1. The van der Waals surface area contributed by atoms with Gasteiger partial charge in [-0.05, 0) is 50.5 Å². The minimum Gasteiger partial charge on any atom is -0.370 e. The third kappa shape index (κ3) is 3.67. The van der Waals surface area contributed by atoms with Gasteiger partial charge in [-0.2, -0.15) is 8.78 Å². The average molecular weight is 380 g/mol. The molecule has 0 radical (unpaired) electrons. The van der Waals surface area contributed by atoms with Crippen molar-refractivity contribution in [3.8, 4) is 0 Å². The van der Waals surface area contributed by atoms with E-state index in [0.717, 1.165) is 37.9 Å². The molecule has 2 aromatic carbocycles. The summed E-state index contributed by atoms with van der Waals surface area (Å²) in [5, 5.41) is 0. The maximum Gasteiger partial charge on any atom is 0.328 e. The number of aryl methyl sites for hydroxylation is 1. The number of nitrogens with zero attached hydrogens (tertiary/aromatic N) is 2. The van der Waals surface area contributed by atoms with Gasteiger partial charge in [-0.15, -0.1) is 0 Å². The van der Waals surface area contributed by atoms with E-state index in [9.17, 15) is 17.2 Å². The predicted molar refractivity (Wildman–Crippen MR) is 99.4 cm³/mol. The van der Waals surface area contributed by atoms with Gasteiger partial charge in [0.2, 0.25) is 0 Å². The zero-order valence-electron chi connectivity index (χ0n) is 14.6. The van der Waals surface area contributed by atoms with Crippen LogP contribution in [-0.4, -0.2) is 28.1 Å². The lowest BCUT2D eigenvalue weighted by Crippen LogP contribution is -2.38. The van der Waals surface area contributed by atoms with Crippen molar-refractivity contribution in [2.24, 2.45) is 0 Å². The first kappa shape index (κ1) is 18.6. The number of piperidine rings is 1. The van der Waals surface area contributed by atoms with Crippen LogP contribution in [0.15, 0.2) is 53.4 Å². The van der Waals surface area contributed by atoms with Gasteiger partial charge in [0, 0.05) is 13.1 Å². The molecule has 0 unspecified atom stereocenters. The van der Waals surface area contributed by atoms with Gasteiger partial charge < -0.3 is 4.90 Å². The zero-order valence-corrected chi connectivity index (χ0v) is 15.4. The molecule has 1 aliphatic heterocycles. The molecule has 7 heteroatoms. The van der Waals surface area contributed by atoms with Crippen molar-refractivity contribution in [3.63, 3.8) is 0 Å². The van der Waals surface area contributed by atoms with Crippen molar-refractivity contribution < 1.29 is 17.2 Å². The zero-order chi connectivity index (χ0) is 18.7. The topological polar surface area (TPSA) is 40.6 Å². The van der Waals surface area contributed by atoms with E-state index in [2.05, 4.69) is 0 Å².